The van der Waals surface area contributed by atoms with Crippen molar-refractivity contribution in [1.82, 2.24) is 14.8 Å². The summed E-state index contributed by atoms with van der Waals surface area (Å²) in [6, 6.07) is 11.0. The van der Waals surface area contributed by atoms with E-state index in [0.29, 0.717) is 17.3 Å². The van der Waals surface area contributed by atoms with Crippen LogP contribution in [-0.4, -0.2) is 40.5 Å². The maximum atomic E-state index is 12.9. The number of ketones is 1. The van der Waals surface area contributed by atoms with Gasteiger partial charge in [-0.05, 0) is 55.5 Å². The van der Waals surface area contributed by atoms with Crippen molar-refractivity contribution in [3.8, 4) is 0 Å². The van der Waals surface area contributed by atoms with Crippen molar-refractivity contribution in [1.29, 1.82) is 0 Å². The van der Waals surface area contributed by atoms with Gasteiger partial charge in [-0.25, -0.2) is 8.42 Å². The quantitative estimate of drug-likeness (QED) is 0.382. The van der Waals surface area contributed by atoms with Crippen molar-refractivity contribution in [2.75, 3.05) is 11.0 Å². The van der Waals surface area contributed by atoms with Gasteiger partial charge in [-0.15, -0.1) is 21.5 Å². The van der Waals surface area contributed by atoms with Gasteiger partial charge in [0.2, 0.25) is 10.0 Å². The van der Waals surface area contributed by atoms with Crippen molar-refractivity contribution in [2.45, 2.75) is 42.6 Å². The van der Waals surface area contributed by atoms with E-state index in [1.807, 2.05) is 13.0 Å². The molecule has 10 heteroatoms. The zero-order valence-corrected chi connectivity index (χ0v) is 19.1. The molecule has 0 aliphatic heterocycles. The van der Waals surface area contributed by atoms with Crippen LogP contribution in [0.2, 0.25) is 0 Å². The number of carbonyl (C=O) groups is 1. The van der Waals surface area contributed by atoms with Crippen LogP contribution in [-0.2, 0) is 16.4 Å². The Morgan fingerprint density at radius 2 is 2.00 bits per heavy atom. The van der Waals surface area contributed by atoms with E-state index < -0.39 is 10.0 Å². The standard InChI is InChI=1S/C20H22N4O3S3/c1-13(19(25)14-5-7-15(8-6-14)23-30(2,26)27)29-20-22-21-18(24(20)16-9-10-16)12-17-4-3-11-28-17/h3-8,11,13,16,23H,9-10,12H2,1-2H3. The van der Waals surface area contributed by atoms with Crippen molar-refractivity contribution in [3.63, 3.8) is 0 Å². The number of hydrogen-bond acceptors (Lipinski definition) is 7. The molecule has 0 radical (unpaired) electrons. The highest BCUT2D eigenvalue weighted by atomic mass is 32.2. The molecule has 0 amide bonds. The number of benzene rings is 1. The van der Waals surface area contributed by atoms with Gasteiger partial charge in [0, 0.05) is 28.6 Å². The fourth-order valence-electron chi connectivity index (χ4n) is 3.14. The summed E-state index contributed by atoms with van der Waals surface area (Å²) >= 11 is 3.12. The molecule has 0 spiro atoms. The number of hydrogen-bond donors (Lipinski definition) is 1. The van der Waals surface area contributed by atoms with Crippen molar-refractivity contribution < 1.29 is 13.2 Å². The average Bonchev–Trinajstić information content (AvgIpc) is 3.24. The maximum absolute atomic E-state index is 12.9. The van der Waals surface area contributed by atoms with Gasteiger partial charge in [-0.3, -0.25) is 9.52 Å². The molecule has 1 fully saturated rings. The Morgan fingerprint density at radius 3 is 2.60 bits per heavy atom. The van der Waals surface area contributed by atoms with Gasteiger partial charge < -0.3 is 4.57 Å². The Bertz CT molecular complexity index is 1130. The average molecular weight is 463 g/mol. The Labute approximate surface area is 184 Å². The van der Waals surface area contributed by atoms with E-state index in [1.165, 1.54) is 16.6 Å². The zero-order chi connectivity index (χ0) is 21.3. The smallest absolute Gasteiger partial charge is 0.229 e. The fourth-order valence-corrected chi connectivity index (χ4v) is 5.42. The van der Waals surface area contributed by atoms with Gasteiger partial charge in [0.1, 0.15) is 5.82 Å². The molecule has 4 rings (SSSR count). The zero-order valence-electron chi connectivity index (χ0n) is 16.6. The molecular weight excluding hydrogens is 440 g/mol. The molecule has 0 saturated heterocycles. The molecule has 1 aliphatic rings. The molecular formula is C20H22N4O3S3. The summed E-state index contributed by atoms with van der Waals surface area (Å²) in [5, 5.41) is 11.3. The number of nitrogens with one attached hydrogen (secondary N) is 1. The fraction of sp³-hybridized carbons (Fsp3) is 0.350. The van der Waals surface area contributed by atoms with Gasteiger partial charge in [0.15, 0.2) is 10.9 Å². The Kier molecular flexibility index (Phi) is 5.99. The number of carbonyl (C=O) groups excluding carboxylic acids is 1. The predicted molar refractivity (Wildman–Crippen MR) is 120 cm³/mol. The van der Waals surface area contributed by atoms with Crippen LogP contribution in [0, 0.1) is 0 Å². The topological polar surface area (TPSA) is 93.9 Å². The lowest BCUT2D eigenvalue weighted by atomic mass is 10.1. The van der Waals surface area contributed by atoms with E-state index in [1.54, 1.807) is 35.6 Å². The van der Waals surface area contributed by atoms with Crippen LogP contribution in [0.4, 0.5) is 5.69 Å². The minimum absolute atomic E-state index is 0.0314. The third-order valence-electron chi connectivity index (χ3n) is 4.68. The summed E-state index contributed by atoms with van der Waals surface area (Å²) in [4.78, 5) is 14.1. The predicted octanol–water partition coefficient (Wildman–Crippen LogP) is 4.00. The minimum atomic E-state index is -3.35. The Balaban J connectivity index is 1.47. The molecule has 1 saturated carbocycles. The summed E-state index contributed by atoms with van der Waals surface area (Å²) in [5.41, 5.74) is 0.964. The second-order valence-corrected chi connectivity index (χ2v) is 11.4. The van der Waals surface area contributed by atoms with Crippen LogP contribution < -0.4 is 4.72 Å². The molecule has 1 N–H and O–H groups in total. The molecule has 0 bridgehead atoms. The van der Waals surface area contributed by atoms with E-state index in [2.05, 4.69) is 30.9 Å². The monoisotopic (exact) mass is 462 g/mol. The Hall–Kier alpha value is -2.17. The summed E-state index contributed by atoms with van der Waals surface area (Å²) in [5.74, 6) is 0.911. The molecule has 158 valence electrons. The van der Waals surface area contributed by atoms with Crippen LogP contribution in [0.3, 0.4) is 0 Å². The lowest BCUT2D eigenvalue weighted by molar-refractivity contribution is 0.0994. The highest BCUT2D eigenvalue weighted by Gasteiger charge is 2.31. The number of sulfonamides is 1. The number of thiophene rings is 1. The van der Waals surface area contributed by atoms with Crippen molar-refractivity contribution >= 4 is 44.6 Å². The summed E-state index contributed by atoms with van der Waals surface area (Å²) in [6.45, 7) is 1.86. The molecule has 3 aromatic rings. The highest BCUT2D eigenvalue weighted by molar-refractivity contribution is 8.00. The Morgan fingerprint density at radius 1 is 1.27 bits per heavy atom. The number of aromatic nitrogens is 3. The summed E-state index contributed by atoms with van der Waals surface area (Å²) < 4.78 is 27.2. The maximum Gasteiger partial charge on any atom is 0.229 e. The number of anilines is 1. The van der Waals surface area contributed by atoms with Gasteiger partial charge in [-0.2, -0.15) is 0 Å². The molecule has 1 unspecified atom stereocenters. The van der Waals surface area contributed by atoms with Gasteiger partial charge in [0.25, 0.3) is 0 Å². The molecule has 1 aromatic carbocycles. The van der Waals surface area contributed by atoms with Crippen LogP contribution in [0.25, 0.3) is 0 Å². The van der Waals surface area contributed by atoms with Gasteiger partial charge >= 0.3 is 0 Å². The minimum Gasteiger partial charge on any atom is -0.303 e. The highest BCUT2D eigenvalue weighted by Crippen LogP contribution is 2.40. The van der Waals surface area contributed by atoms with E-state index in [-0.39, 0.29) is 11.0 Å². The molecule has 1 atom stereocenters. The first-order valence-electron chi connectivity index (χ1n) is 9.55. The van der Waals surface area contributed by atoms with Crippen LogP contribution in [0.5, 0.6) is 0 Å². The van der Waals surface area contributed by atoms with E-state index in [0.717, 1.165) is 36.5 Å². The lowest BCUT2D eigenvalue weighted by Gasteiger charge is -2.13. The number of Topliss-reactive ketones (excluding diaryl/α,β-unsaturated/α-hetero) is 1. The van der Waals surface area contributed by atoms with Crippen molar-refractivity contribution in [2.24, 2.45) is 0 Å². The largest absolute Gasteiger partial charge is 0.303 e. The lowest BCUT2D eigenvalue weighted by Crippen LogP contribution is -2.15. The second kappa shape index (κ2) is 8.52. The molecule has 1 aliphatic carbocycles. The van der Waals surface area contributed by atoms with Gasteiger partial charge in [-0.1, -0.05) is 17.8 Å². The van der Waals surface area contributed by atoms with Crippen LogP contribution in [0.1, 0.15) is 46.9 Å². The molecule has 2 aromatic heterocycles. The first kappa shape index (κ1) is 21.1. The third-order valence-corrected chi connectivity index (χ3v) is 7.22. The third kappa shape index (κ3) is 5.11. The molecule has 2 heterocycles. The second-order valence-electron chi connectivity index (χ2n) is 7.33. The molecule has 7 nitrogen and oxygen atoms in total. The number of thioether (sulfide) groups is 1. The SMILES string of the molecule is CC(Sc1nnc(Cc2cccs2)n1C1CC1)C(=O)c1ccc(NS(C)(=O)=O)cc1. The van der Waals surface area contributed by atoms with E-state index in [9.17, 15) is 13.2 Å². The normalized spacial score (nSPS) is 15.1. The summed E-state index contributed by atoms with van der Waals surface area (Å²) in [7, 11) is -3.35. The van der Waals surface area contributed by atoms with Crippen LogP contribution >= 0.6 is 23.1 Å². The van der Waals surface area contributed by atoms with Crippen molar-refractivity contribution in [3.05, 3.63) is 58.0 Å². The first-order chi connectivity index (χ1) is 14.3. The number of nitrogens with zero attached hydrogens (tertiary/aromatic N) is 3. The van der Waals surface area contributed by atoms with Crippen LogP contribution in [0.15, 0.2) is 46.9 Å². The molecule has 30 heavy (non-hydrogen) atoms. The first-order valence-corrected chi connectivity index (χ1v) is 13.2. The van der Waals surface area contributed by atoms with E-state index in [4.69, 9.17) is 0 Å². The summed E-state index contributed by atoms with van der Waals surface area (Å²) in [6.07, 6.45) is 4.06. The van der Waals surface area contributed by atoms with E-state index >= 15 is 0 Å². The van der Waals surface area contributed by atoms with Gasteiger partial charge in [0.05, 0.1) is 11.5 Å². The number of rotatable bonds is 9.